The van der Waals surface area contributed by atoms with Crippen LogP contribution in [0, 0.1) is 0 Å². The minimum atomic E-state index is -2.92. The molecule has 1 rings (SSSR count). The predicted molar refractivity (Wildman–Crippen MR) is 74.6 cm³/mol. The van der Waals surface area contributed by atoms with Crippen molar-refractivity contribution in [1.82, 2.24) is 0 Å². The van der Waals surface area contributed by atoms with Crippen LogP contribution in [-0.4, -0.2) is 33.6 Å². The van der Waals surface area contributed by atoms with Crippen molar-refractivity contribution < 1.29 is 13.2 Å². The first-order chi connectivity index (χ1) is 8.59. The number of hydrogen-bond acceptors (Lipinski definition) is 4. The van der Waals surface area contributed by atoms with Crippen LogP contribution in [0.4, 0.5) is 5.69 Å². The molecule has 0 bridgehead atoms. The molecule has 0 aliphatic heterocycles. The monoisotopic (exact) mass is 271 g/mol. The Hall–Kier alpha value is -1.07. The SMILES string of the molecule is CCCS(=O)(=O)CCNc1ccccc1COC. The van der Waals surface area contributed by atoms with Crippen LogP contribution in [0.3, 0.4) is 0 Å². The molecule has 0 amide bonds. The van der Waals surface area contributed by atoms with Crippen molar-refractivity contribution >= 4 is 15.5 Å². The largest absolute Gasteiger partial charge is 0.384 e. The Morgan fingerprint density at radius 1 is 1.22 bits per heavy atom. The van der Waals surface area contributed by atoms with Crippen LogP contribution in [0.15, 0.2) is 24.3 Å². The molecule has 1 aromatic rings. The summed E-state index contributed by atoms with van der Waals surface area (Å²) in [6.45, 7) is 2.83. The molecule has 0 radical (unpaired) electrons. The van der Waals surface area contributed by atoms with Crippen molar-refractivity contribution in [3.8, 4) is 0 Å². The van der Waals surface area contributed by atoms with Gasteiger partial charge in [-0.2, -0.15) is 0 Å². The molecule has 0 heterocycles. The highest BCUT2D eigenvalue weighted by Gasteiger charge is 2.09. The van der Waals surface area contributed by atoms with Crippen LogP contribution >= 0.6 is 0 Å². The molecule has 0 atom stereocenters. The smallest absolute Gasteiger partial charge is 0.152 e. The molecule has 0 saturated carbocycles. The average molecular weight is 271 g/mol. The van der Waals surface area contributed by atoms with Crippen molar-refractivity contribution in [2.75, 3.05) is 30.5 Å². The summed E-state index contributed by atoms with van der Waals surface area (Å²) in [4.78, 5) is 0. The Kier molecular flexibility index (Phi) is 6.15. The average Bonchev–Trinajstić information content (AvgIpc) is 2.31. The zero-order chi connectivity index (χ0) is 13.4. The number of ether oxygens (including phenoxy) is 1. The van der Waals surface area contributed by atoms with E-state index in [1.807, 2.05) is 31.2 Å². The Bertz CT molecular complexity index is 457. The number of nitrogens with one attached hydrogen (secondary N) is 1. The lowest BCUT2D eigenvalue weighted by Crippen LogP contribution is -2.18. The Labute approximate surface area is 109 Å². The first-order valence-electron chi connectivity index (χ1n) is 6.10. The van der Waals surface area contributed by atoms with E-state index in [0.717, 1.165) is 11.3 Å². The van der Waals surface area contributed by atoms with Gasteiger partial charge in [-0.1, -0.05) is 25.1 Å². The summed E-state index contributed by atoms with van der Waals surface area (Å²) >= 11 is 0. The minimum Gasteiger partial charge on any atom is -0.384 e. The van der Waals surface area contributed by atoms with Gasteiger partial charge < -0.3 is 10.1 Å². The van der Waals surface area contributed by atoms with Gasteiger partial charge in [-0.25, -0.2) is 8.42 Å². The standard InChI is InChI=1S/C13H21NO3S/c1-3-9-18(15,16)10-8-14-13-7-5-4-6-12(13)11-17-2/h4-7,14H,3,8-11H2,1-2H3. The topological polar surface area (TPSA) is 55.4 Å². The van der Waals surface area contributed by atoms with Crippen LogP contribution in [0.2, 0.25) is 0 Å². The van der Waals surface area contributed by atoms with Gasteiger partial charge in [0.15, 0.2) is 9.84 Å². The van der Waals surface area contributed by atoms with Crippen LogP contribution in [-0.2, 0) is 21.2 Å². The number of hydrogen-bond donors (Lipinski definition) is 1. The molecule has 0 aromatic heterocycles. The predicted octanol–water partition coefficient (Wildman–Crippen LogP) is 2.07. The molecular weight excluding hydrogens is 250 g/mol. The number of benzene rings is 1. The highest BCUT2D eigenvalue weighted by molar-refractivity contribution is 7.91. The molecule has 1 aromatic carbocycles. The summed E-state index contributed by atoms with van der Waals surface area (Å²) in [6, 6.07) is 7.75. The van der Waals surface area contributed by atoms with Crippen LogP contribution in [0.25, 0.3) is 0 Å². The molecule has 0 aliphatic rings. The second-order valence-electron chi connectivity index (χ2n) is 4.17. The van der Waals surface area contributed by atoms with E-state index in [9.17, 15) is 8.42 Å². The van der Waals surface area contributed by atoms with Gasteiger partial charge in [0, 0.05) is 30.7 Å². The second-order valence-corrected chi connectivity index (χ2v) is 6.47. The van der Waals surface area contributed by atoms with E-state index in [0.29, 0.717) is 19.6 Å². The van der Waals surface area contributed by atoms with Crippen molar-refractivity contribution in [3.63, 3.8) is 0 Å². The summed E-state index contributed by atoms with van der Waals surface area (Å²) in [6.07, 6.45) is 0.669. The van der Waals surface area contributed by atoms with E-state index in [2.05, 4.69) is 5.32 Å². The van der Waals surface area contributed by atoms with E-state index >= 15 is 0 Å². The Morgan fingerprint density at radius 3 is 2.61 bits per heavy atom. The highest BCUT2D eigenvalue weighted by Crippen LogP contribution is 2.15. The summed E-state index contributed by atoms with van der Waals surface area (Å²) in [5.41, 5.74) is 1.97. The van der Waals surface area contributed by atoms with Gasteiger partial charge in [0.05, 0.1) is 12.4 Å². The number of anilines is 1. The van der Waals surface area contributed by atoms with Crippen LogP contribution < -0.4 is 5.32 Å². The summed E-state index contributed by atoms with van der Waals surface area (Å²) in [5.74, 6) is 0.427. The fourth-order valence-electron chi connectivity index (χ4n) is 1.73. The third-order valence-corrected chi connectivity index (χ3v) is 4.42. The van der Waals surface area contributed by atoms with Crippen molar-refractivity contribution in [2.45, 2.75) is 20.0 Å². The third kappa shape index (κ3) is 5.06. The van der Waals surface area contributed by atoms with E-state index in [1.54, 1.807) is 7.11 Å². The summed E-state index contributed by atoms with van der Waals surface area (Å²) in [7, 11) is -1.28. The molecule has 1 N–H and O–H groups in total. The first kappa shape index (κ1) is 15.0. The second kappa shape index (κ2) is 7.38. The lowest BCUT2D eigenvalue weighted by atomic mass is 10.2. The number of sulfone groups is 1. The first-order valence-corrected chi connectivity index (χ1v) is 7.92. The maximum Gasteiger partial charge on any atom is 0.152 e. The molecule has 102 valence electrons. The molecule has 0 spiro atoms. The Morgan fingerprint density at radius 2 is 1.94 bits per heavy atom. The minimum absolute atomic E-state index is 0.169. The van der Waals surface area contributed by atoms with Crippen LogP contribution in [0.5, 0.6) is 0 Å². The van der Waals surface area contributed by atoms with Gasteiger partial charge in [-0.3, -0.25) is 0 Å². The lowest BCUT2D eigenvalue weighted by molar-refractivity contribution is 0.185. The molecule has 0 unspecified atom stereocenters. The fourth-order valence-corrected chi connectivity index (χ4v) is 2.97. The van der Waals surface area contributed by atoms with Gasteiger partial charge in [0.1, 0.15) is 0 Å². The molecule has 0 aliphatic carbocycles. The summed E-state index contributed by atoms with van der Waals surface area (Å²) in [5, 5.41) is 3.15. The molecule has 5 heteroatoms. The van der Waals surface area contributed by atoms with Gasteiger partial charge >= 0.3 is 0 Å². The van der Waals surface area contributed by atoms with E-state index in [4.69, 9.17) is 4.74 Å². The number of para-hydroxylation sites is 1. The molecule has 0 saturated heterocycles. The van der Waals surface area contributed by atoms with Crippen molar-refractivity contribution in [1.29, 1.82) is 0 Å². The van der Waals surface area contributed by atoms with E-state index in [-0.39, 0.29) is 11.5 Å². The maximum atomic E-state index is 11.6. The fraction of sp³-hybridized carbons (Fsp3) is 0.538. The van der Waals surface area contributed by atoms with E-state index < -0.39 is 9.84 Å². The van der Waals surface area contributed by atoms with Gasteiger partial charge in [-0.05, 0) is 12.5 Å². The molecule has 0 fully saturated rings. The van der Waals surface area contributed by atoms with Gasteiger partial charge in [-0.15, -0.1) is 0 Å². The lowest BCUT2D eigenvalue weighted by Gasteiger charge is -2.11. The van der Waals surface area contributed by atoms with Crippen molar-refractivity contribution in [3.05, 3.63) is 29.8 Å². The Balaban J connectivity index is 2.53. The van der Waals surface area contributed by atoms with Crippen molar-refractivity contribution in [2.24, 2.45) is 0 Å². The third-order valence-electron chi connectivity index (χ3n) is 2.56. The highest BCUT2D eigenvalue weighted by atomic mass is 32.2. The summed E-state index contributed by atoms with van der Waals surface area (Å²) < 4.78 is 28.2. The van der Waals surface area contributed by atoms with Gasteiger partial charge in [0.25, 0.3) is 0 Å². The molecular formula is C13H21NO3S. The quantitative estimate of drug-likeness (QED) is 0.786. The van der Waals surface area contributed by atoms with Gasteiger partial charge in [0.2, 0.25) is 0 Å². The van der Waals surface area contributed by atoms with Crippen LogP contribution in [0.1, 0.15) is 18.9 Å². The normalized spacial score (nSPS) is 11.4. The maximum absolute atomic E-state index is 11.6. The number of methoxy groups -OCH3 is 1. The molecule has 18 heavy (non-hydrogen) atoms. The zero-order valence-electron chi connectivity index (χ0n) is 11.0. The molecule has 4 nitrogen and oxygen atoms in total. The number of rotatable bonds is 8. The zero-order valence-corrected chi connectivity index (χ0v) is 11.8. The van der Waals surface area contributed by atoms with E-state index in [1.165, 1.54) is 0 Å².